The average Bonchev–Trinajstić information content (AvgIpc) is 3.06. The van der Waals surface area contributed by atoms with Crippen molar-refractivity contribution in [1.29, 1.82) is 0 Å². The van der Waals surface area contributed by atoms with Gasteiger partial charge in [0.25, 0.3) is 0 Å². The molecule has 0 fully saturated rings. The normalized spacial score (nSPS) is 10.9. The molecule has 0 radical (unpaired) electrons. The second kappa shape index (κ2) is 6.37. The lowest BCUT2D eigenvalue weighted by atomic mass is 10.2. The molecule has 24 heavy (non-hydrogen) atoms. The number of rotatable bonds is 0. The van der Waals surface area contributed by atoms with Crippen molar-refractivity contribution >= 4 is 45.0 Å². The molecule has 4 nitrogen and oxygen atoms in total. The third-order valence-corrected chi connectivity index (χ3v) is 4.15. The molecule has 0 atom stereocenters. The molecule has 0 aliphatic carbocycles. The Morgan fingerprint density at radius 2 is 1.12 bits per heavy atom. The number of nitrogens with one attached hydrogen (secondary N) is 2. The van der Waals surface area contributed by atoms with Gasteiger partial charge in [-0.1, -0.05) is 23.2 Å². The van der Waals surface area contributed by atoms with Gasteiger partial charge in [-0.2, -0.15) is 10.2 Å². The summed E-state index contributed by atoms with van der Waals surface area (Å²) in [6, 6.07) is 5.79. The topological polar surface area (TPSA) is 57.4 Å². The zero-order valence-corrected chi connectivity index (χ0v) is 14.2. The van der Waals surface area contributed by atoms with E-state index in [1.807, 2.05) is 13.8 Å². The van der Waals surface area contributed by atoms with Crippen LogP contribution in [0.15, 0.2) is 24.3 Å². The molecule has 0 amide bonds. The molecule has 2 aromatic carbocycles. The van der Waals surface area contributed by atoms with Crippen molar-refractivity contribution in [1.82, 2.24) is 20.4 Å². The van der Waals surface area contributed by atoms with Crippen LogP contribution in [0.4, 0.5) is 8.78 Å². The summed E-state index contributed by atoms with van der Waals surface area (Å²) < 4.78 is 25.9. The first-order valence-corrected chi connectivity index (χ1v) is 7.72. The molecule has 2 N–H and O–H groups in total. The molecule has 0 bridgehead atoms. The predicted octanol–water partition coefficient (Wildman–Crippen LogP) is 5.33. The van der Waals surface area contributed by atoms with Gasteiger partial charge in [0.1, 0.15) is 11.6 Å². The number of hydrogen-bond acceptors (Lipinski definition) is 2. The van der Waals surface area contributed by atoms with E-state index in [2.05, 4.69) is 20.4 Å². The monoisotopic (exact) mass is 368 g/mol. The lowest BCUT2D eigenvalue weighted by Crippen LogP contribution is -1.77. The van der Waals surface area contributed by atoms with Gasteiger partial charge < -0.3 is 0 Å². The number of H-pyrrole nitrogens is 2. The Kier molecular flexibility index (Phi) is 4.43. The van der Waals surface area contributed by atoms with Crippen molar-refractivity contribution in [2.24, 2.45) is 0 Å². The molecule has 4 rings (SSSR count). The van der Waals surface area contributed by atoms with Crippen molar-refractivity contribution in [3.8, 4) is 0 Å². The summed E-state index contributed by atoms with van der Waals surface area (Å²) in [5.74, 6) is -0.817. The molecule has 0 unspecified atom stereocenters. The molecular weight excluding hydrogens is 357 g/mol. The molecule has 2 aromatic heterocycles. The van der Waals surface area contributed by atoms with E-state index in [1.165, 1.54) is 24.3 Å². The van der Waals surface area contributed by atoms with Gasteiger partial charge in [-0.3, -0.25) is 10.2 Å². The van der Waals surface area contributed by atoms with E-state index < -0.39 is 11.6 Å². The summed E-state index contributed by atoms with van der Waals surface area (Å²) in [6.45, 7) is 3.67. The maximum atomic E-state index is 12.9. The van der Waals surface area contributed by atoms with E-state index in [0.29, 0.717) is 11.0 Å². The van der Waals surface area contributed by atoms with Crippen LogP contribution in [0.2, 0.25) is 10.0 Å². The van der Waals surface area contributed by atoms with E-state index >= 15 is 0 Å². The fourth-order valence-electron chi connectivity index (χ4n) is 2.27. The molecule has 0 saturated carbocycles. The van der Waals surface area contributed by atoms with Crippen LogP contribution < -0.4 is 0 Å². The van der Waals surface area contributed by atoms with Crippen LogP contribution in [0, 0.1) is 25.5 Å². The van der Waals surface area contributed by atoms with Gasteiger partial charge in [-0.05, 0) is 38.1 Å². The van der Waals surface area contributed by atoms with Gasteiger partial charge in [-0.25, -0.2) is 8.78 Å². The van der Waals surface area contributed by atoms with E-state index in [4.69, 9.17) is 23.2 Å². The van der Waals surface area contributed by atoms with E-state index in [1.54, 1.807) is 0 Å². The maximum absolute atomic E-state index is 12.9. The van der Waals surface area contributed by atoms with Gasteiger partial charge in [0.05, 0.1) is 21.1 Å². The average molecular weight is 369 g/mol. The van der Waals surface area contributed by atoms with Crippen LogP contribution >= 0.6 is 23.2 Å². The number of aromatic nitrogens is 4. The highest BCUT2D eigenvalue weighted by Gasteiger charge is 2.07. The molecule has 8 heteroatoms. The molecule has 124 valence electrons. The Bertz CT molecular complexity index is 956. The third kappa shape index (κ3) is 3.07. The SMILES string of the molecule is Cc1[nH]nc2cc(Cl)c(F)cc12.Cc1[nH]nc2cc(Cl)c(F)cc12. The quantitative estimate of drug-likeness (QED) is 0.440. The van der Waals surface area contributed by atoms with Crippen molar-refractivity contribution in [2.45, 2.75) is 13.8 Å². The number of nitrogens with zero attached hydrogens (tertiary/aromatic N) is 2. The van der Waals surface area contributed by atoms with Crippen LogP contribution in [-0.4, -0.2) is 20.4 Å². The first kappa shape index (κ1) is 16.7. The second-order valence-electron chi connectivity index (χ2n) is 5.26. The Balaban J connectivity index is 0.000000141. The number of aryl methyl sites for hydroxylation is 2. The Morgan fingerprint density at radius 1 is 0.750 bits per heavy atom. The zero-order chi connectivity index (χ0) is 17.4. The highest BCUT2D eigenvalue weighted by molar-refractivity contribution is 6.31. The van der Waals surface area contributed by atoms with E-state index in [9.17, 15) is 8.78 Å². The van der Waals surface area contributed by atoms with Crippen molar-refractivity contribution in [3.05, 3.63) is 57.3 Å². The summed E-state index contributed by atoms with van der Waals surface area (Å²) in [5.41, 5.74) is 3.08. The van der Waals surface area contributed by atoms with Gasteiger partial charge >= 0.3 is 0 Å². The van der Waals surface area contributed by atoms with Crippen LogP contribution in [-0.2, 0) is 0 Å². The summed E-state index contributed by atoms with van der Waals surface area (Å²) in [4.78, 5) is 0. The number of fused-ring (bicyclic) bond motifs is 2. The molecule has 2 heterocycles. The number of hydrogen-bond donors (Lipinski definition) is 2. The summed E-state index contributed by atoms with van der Waals surface area (Å²) in [7, 11) is 0. The van der Waals surface area contributed by atoms with Gasteiger partial charge in [0, 0.05) is 22.2 Å². The highest BCUT2D eigenvalue weighted by atomic mass is 35.5. The zero-order valence-electron chi connectivity index (χ0n) is 12.7. The van der Waals surface area contributed by atoms with Crippen LogP contribution in [0.5, 0.6) is 0 Å². The first-order chi connectivity index (χ1) is 11.4. The Hall–Kier alpha value is -2.18. The van der Waals surface area contributed by atoms with Crippen LogP contribution in [0.25, 0.3) is 21.8 Å². The van der Waals surface area contributed by atoms with Gasteiger partial charge in [0.15, 0.2) is 0 Å². The van der Waals surface area contributed by atoms with Crippen molar-refractivity contribution in [2.75, 3.05) is 0 Å². The minimum absolute atomic E-state index is 0.106. The second-order valence-corrected chi connectivity index (χ2v) is 6.08. The van der Waals surface area contributed by atoms with Crippen molar-refractivity contribution in [3.63, 3.8) is 0 Å². The molecule has 0 saturated heterocycles. The van der Waals surface area contributed by atoms with Crippen molar-refractivity contribution < 1.29 is 8.78 Å². The van der Waals surface area contributed by atoms with Gasteiger partial charge in [-0.15, -0.1) is 0 Å². The lowest BCUT2D eigenvalue weighted by molar-refractivity contribution is 0.629. The molecule has 0 aliphatic heterocycles. The Morgan fingerprint density at radius 3 is 1.50 bits per heavy atom. The first-order valence-electron chi connectivity index (χ1n) is 6.96. The highest BCUT2D eigenvalue weighted by Crippen LogP contribution is 2.23. The largest absolute Gasteiger partial charge is 0.282 e. The third-order valence-electron chi connectivity index (χ3n) is 3.57. The minimum atomic E-state index is -0.409. The van der Waals surface area contributed by atoms with Crippen LogP contribution in [0.3, 0.4) is 0 Å². The fourth-order valence-corrected chi connectivity index (χ4v) is 2.58. The lowest BCUT2D eigenvalue weighted by Gasteiger charge is -1.93. The standard InChI is InChI=1S/2C8H6ClFN2/c2*1-4-5-2-7(10)6(9)3-8(5)12-11-4/h2*2-3H,1H3,(H,11,12). The minimum Gasteiger partial charge on any atom is -0.282 e. The van der Waals surface area contributed by atoms with Crippen LogP contribution in [0.1, 0.15) is 11.4 Å². The predicted molar refractivity (Wildman–Crippen MR) is 91.6 cm³/mol. The smallest absolute Gasteiger partial charge is 0.142 e. The summed E-state index contributed by atoms with van der Waals surface area (Å²) >= 11 is 11.1. The molecule has 0 spiro atoms. The molecule has 4 aromatic rings. The van der Waals surface area contributed by atoms with Gasteiger partial charge in [0.2, 0.25) is 0 Å². The number of aromatic amines is 2. The maximum Gasteiger partial charge on any atom is 0.142 e. The summed E-state index contributed by atoms with van der Waals surface area (Å²) in [5, 5.41) is 15.2. The summed E-state index contributed by atoms with van der Waals surface area (Å²) in [6.07, 6.45) is 0. The fraction of sp³-hybridized carbons (Fsp3) is 0.125. The number of halogens is 4. The Labute approximate surface area is 145 Å². The number of benzene rings is 2. The molecular formula is C16H12Cl2F2N4. The van der Waals surface area contributed by atoms with E-state index in [-0.39, 0.29) is 10.0 Å². The molecule has 0 aliphatic rings. The van der Waals surface area contributed by atoms with E-state index in [0.717, 1.165) is 22.2 Å².